The fourth-order valence-corrected chi connectivity index (χ4v) is 4.76. The lowest BCUT2D eigenvalue weighted by atomic mass is 9.97. The van der Waals surface area contributed by atoms with Crippen molar-refractivity contribution < 1.29 is 22.0 Å². The number of anilines is 2. The van der Waals surface area contributed by atoms with Crippen molar-refractivity contribution in [2.45, 2.75) is 44.8 Å². The number of imidazole rings is 1. The lowest BCUT2D eigenvalue weighted by Gasteiger charge is -2.33. The summed E-state index contributed by atoms with van der Waals surface area (Å²) in [4.78, 5) is 6.29. The van der Waals surface area contributed by atoms with Gasteiger partial charge in [-0.25, -0.2) is 18.3 Å². The Kier molecular flexibility index (Phi) is 5.56. The smallest absolute Gasteiger partial charge is 0.371 e. The Labute approximate surface area is 198 Å². The molecule has 0 bridgehead atoms. The van der Waals surface area contributed by atoms with Crippen molar-refractivity contribution >= 4 is 27.9 Å². The number of fused-ring (bicyclic) bond motifs is 3. The summed E-state index contributed by atoms with van der Waals surface area (Å²) in [6, 6.07) is 9.31. The molecule has 1 fully saturated rings. The summed E-state index contributed by atoms with van der Waals surface area (Å²) in [5, 5.41) is 9.42. The average Bonchev–Trinajstić information content (AvgIpc) is 3.27. The van der Waals surface area contributed by atoms with Gasteiger partial charge in [-0.1, -0.05) is 12.1 Å². The molecule has 184 valence electrons. The highest BCUT2D eigenvalue weighted by atomic mass is 19.4. The van der Waals surface area contributed by atoms with Crippen LogP contribution >= 0.6 is 0 Å². The Morgan fingerprint density at radius 2 is 1.80 bits per heavy atom. The second kappa shape index (κ2) is 8.35. The molecule has 0 spiro atoms. The molecule has 1 aliphatic heterocycles. The molecule has 1 N–H and O–H groups in total. The third kappa shape index (κ3) is 4.37. The molecular formula is C25H24F5N5. The van der Waals surface area contributed by atoms with Crippen LogP contribution in [0.2, 0.25) is 0 Å². The average molecular weight is 489 g/mol. The van der Waals surface area contributed by atoms with Gasteiger partial charge in [-0.2, -0.15) is 13.2 Å². The number of benzene rings is 2. The van der Waals surface area contributed by atoms with E-state index < -0.39 is 23.7 Å². The van der Waals surface area contributed by atoms with Crippen molar-refractivity contribution in [2.24, 2.45) is 0 Å². The van der Waals surface area contributed by atoms with E-state index in [2.05, 4.69) is 15.4 Å². The fourth-order valence-electron chi connectivity index (χ4n) is 4.76. The molecule has 5 nitrogen and oxygen atoms in total. The lowest BCUT2D eigenvalue weighted by Crippen LogP contribution is -2.39. The van der Waals surface area contributed by atoms with Gasteiger partial charge >= 0.3 is 6.18 Å². The van der Waals surface area contributed by atoms with Gasteiger partial charge in [0.1, 0.15) is 0 Å². The van der Waals surface area contributed by atoms with Crippen LogP contribution in [0.25, 0.3) is 16.4 Å². The number of hydrogen-bond donors (Lipinski definition) is 1. The molecule has 0 radical (unpaired) electrons. The fraction of sp³-hybridized carbons (Fsp3) is 0.360. The van der Waals surface area contributed by atoms with Gasteiger partial charge in [-0.3, -0.25) is 0 Å². The zero-order chi connectivity index (χ0) is 25.0. The highest BCUT2D eigenvalue weighted by Crippen LogP contribution is 2.37. The molecule has 3 heterocycles. The molecule has 1 aliphatic rings. The van der Waals surface area contributed by atoms with Gasteiger partial charge in [0.15, 0.2) is 11.5 Å². The third-order valence-corrected chi connectivity index (χ3v) is 6.69. The molecule has 0 saturated carbocycles. The van der Waals surface area contributed by atoms with Crippen LogP contribution < -0.4 is 10.2 Å². The Morgan fingerprint density at radius 1 is 1.06 bits per heavy atom. The number of alkyl halides is 5. The van der Waals surface area contributed by atoms with Crippen molar-refractivity contribution in [3.8, 4) is 0 Å². The highest BCUT2D eigenvalue weighted by Gasteiger charge is 2.35. The molecule has 35 heavy (non-hydrogen) atoms. The van der Waals surface area contributed by atoms with Gasteiger partial charge in [-0.05, 0) is 49.2 Å². The summed E-state index contributed by atoms with van der Waals surface area (Å²) in [7, 11) is 0. The maximum Gasteiger partial charge on any atom is 0.416 e. The third-order valence-electron chi connectivity index (χ3n) is 6.69. The SMILES string of the molecule is Cc1c(C(C)Nc2nn3ccnc3c3ccc(N4CCC(F)(F)CC4)cc23)cccc1C(F)(F)F. The summed E-state index contributed by atoms with van der Waals surface area (Å²) >= 11 is 0. The minimum atomic E-state index is -4.44. The quantitative estimate of drug-likeness (QED) is 0.328. The predicted molar refractivity (Wildman–Crippen MR) is 125 cm³/mol. The van der Waals surface area contributed by atoms with E-state index in [0.717, 1.165) is 22.5 Å². The van der Waals surface area contributed by atoms with E-state index in [1.165, 1.54) is 13.0 Å². The first kappa shape index (κ1) is 23.3. The lowest BCUT2D eigenvalue weighted by molar-refractivity contribution is -0.138. The van der Waals surface area contributed by atoms with Gasteiger partial charge in [-0.15, -0.1) is 5.10 Å². The van der Waals surface area contributed by atoms with E-state index in [1.807, 2.05) is 23.1 Å². The van der Waals surface area contributed by atoms with Gasteiger partial charge in [0.05, 0.1) is 11.6 Å². The molecule has 5 rings (SSSR count). The van der Waals surface area contributed by atoms with Crippen LogP contribution in [0.3, 0.4) is 0 Å². The molecule has 2 aromatic heterocycles. The number of nitrogens with zero attached hydrogens (tertiary/aromatic N) is 4. The summed E-state index contributed by atoms with van der Waals surface area (Å²) < 4.78 is 69.3. The largest absolute Gasteiger partial charge is 0.416 e. The first-order chi connectivity index (χ1) is 16.5. The maximum atomic E-state index is 13.7. The molecule has 0 amide bonds. The molecule has 0 aliphatic carbocycles. The summed E-state index contributed by atoms with van der Waals surface area (Å²) in [5.41, 5.74) is 1.41. The van der Waals surface area contributed by atoms with Crippen molar-refractivity contribution in [1.82, 2.24) is 14.6 Å². The zero-order valence-corrected chi connectivity index (χ0v) is 19.2. The molecule has 1 atom stereocenters. The topological polar surface area (TPSA) is 45.5 Å². The Hall–Kier alpha value is -3.43. The van der Waals surface area contributed by atoms with Gasteiger partial charge in [0.25, 0.3) is 5.92 Å². The minimum absolute atomic E-state index is 0.156. The van der Waals surface area contributed by atoms with E-state index >= 15 is 0 Å². The van der Waals surface area contributed by atoms with E-state index in [0.29, 0.717) is 17.0 Å². The summed E-state index contributed by atoms with van der Waals surface area (Å²) in [5.74, 6) is -2.18. The molecule has 1 unspecified atom stereocenters. The van der Waals surface area contributed by atoms with Gasteiger partial charge < -0.3 is 10.2 Å². The number of aromatic nitrogens is 3. The van der Waals surface area contributed by atoms with Crippen LogP contribution in [-0.4, -0.2) is 33.6 Å². The van der Waals surface area contributed by atoms with Gasteiger partial charge in [0.2, 0.25) is 0 Å². The van der Waals surface area contributed by atoms with E-state index in [1.54, 1.807) is 29.9 Å². The Bertz CT molecular complexity index is 1380. The number of rotatable bonds is 4. The van der Waals surface area contributed by atoms with Crippen molar-refractivity contribution in [3.05, 3.63) is 65.5 Å². The molecular weight excluding hydrogens is 465 g/mol. The van der Waals surface area contributed by atoms with Crippen LogP contribution in [0.15, 0.2) is 48.8 Å². The summed E-state index contributed by atoms with van der Waals surface area (Å²) in [6.07, 6.45) is -1.55. The van der Waals surface area contributed by atoms with E-state index in [-0.39, 0.29) is 31.5 Å². The van der Waals surface area contributed by atoms with Crippen molar-refractivity contribution in [1.29, 1.82) is 0 Å². The predicted octanol–water partition coefficient (Wildman–Crippen LogP) is 6.62. The minimum Gasteiger partial charge on any atom is -0.371 e. The van der Waals surface area contributed by atoms with E-state index in [4.69, 9.17) is 0 Å². The van der Waals surface area contributed by atoms with Gasteiger partial charge in [0, 0.05) is 54.8 Å². The molecule has 2 aromatic carbocycles. The Balaban J connectivity index is 1.55. The van der Waals surface area contributed by atoms with Crippen LogP contribution in [0, 0.1) is 6.92 Å². The summed E-state index contributed by atoms with van der Waals surface area (Å²) in [6.45, 7) is 3.72. The molecule has 10 heteroatoms. The second-order valence-electron chi connectivity index (χ2n) is 9.00. The number of halogens is 5. The Morgan fingerprint density at radius 3 is 2.51 bits per heavy atom. The monoisotopic (exact) mass is 489 g/mol. The number of hydrogen-bond acceptors (Lipinski definition) is 4. The van der Waals surface area contributed by atoms with Crippen molar-refractivity contribution in [3.63, 3.8) is 0 Å². The number of nitrogens with one attached hydrogen (secondary N) is 1. The molecule has 4 aromatic rings. The standard InChI is InChI=1S/C25H24F5N5/c1-15-18(4-3-5-21(15)25(28,29)30)16(2)32-22-20-14-17(34-11-8-24(26,27)9-12-34)6-7-19(20)23-31-10-13-35(23)33-22/h3-7,10,13-14,16H,8-9,11-12H2,1-2H3,(H,32,33). The van der Waals surface area contributed by atoms with Crippen LogP contribution in [0.5, 0.6) is 0 Å². The van der Waals surface area contributed by atoms with Crippen LogP contribution in [0.1, 0.15) is 42.5 Å². The first-order valence-corrected chi connectivity index (χ1v) is 11.4. The first-order valence-electron chi connectivity index (χ1n) is 11.4. The van der Waals surface area contributed by atoms with Crippen molar-refractivity contribution in [2.75, 3.05) is 23.3 Å². The number of piperidine rings is 1. The second-order valence-corrected chi connectivity index (χ2v) is 9.00. The molecule has 1 saturated heterocycles. The normalized spacial score (nSPS) is 17.2. The van der Waals surface area contributed by atoms with E-state index in [9.17, 15) is 22.0 Å². The van der Waals surface area contributed by atoms with Crippen LogP contribution in [0.4, 0.5) is 33.5 Å². The van der Waals surface area contributed by atoms with Crippen LogP contribution in [-0.2, 0) is 6.18 Å². The highest BCUT2D eigenvalue weighted by molar-refractivity contribution is 6.01. The maximum absolute atomic E-state index is 13.7. The zero-order valence-electron chi connectivity index (χ0n) is 19.2.